The molecule has 2 aliphatic carbocycles. The Kier molecular flexibility index (Phi) is 1.61. The van der Waals surface area contributed by atoms with E-state index in [1.165, 1.54) is 0 Å². The van der Waals surface area contributed by atoms with Gasteiger partial charge in [0.05, 0.1) is 5.41 Å². The van der Waals surface area contributed by atoms with Crippen molar-refractivity contribution < 1.29 is 9.59 Å². The lowest BCUT2D eigenvalue weighted by Crippen LogP contribution is -2.26. The fraction of sp³-hybridized carbons (Fsp3) is 0.833. The molecule has 0 atom stereocenters. The number of rotatable bonds is 3. The topological polar surface area (TPSA) is 34.1 Å². The van der Waals surface area contributed by atoms with E-state index in [0.29, 0.717) is 0 Å². The van der Waals surface area contributed by atoms with Gasteiger partial charge in [-0.05, 0) is 23.7 Å². The van der Waals surface area contributed by atoms with Gasteiger partial charge in [-0.25, -0.2) is 0 Å². The first-order valence-corrected chi connectivity index (χ1v) is 5.33. The molecule has 0 aromatic carbocycles. The zero-order valence-corrected chi connectivity index (χ0v) is 9.39. The standard InChI is InChI=1S/C12H18O2/c1-10(2)11(3,4)12(10,7-13)9(14)8-5-6-8/h7-8H,5-6H2,1-4H3. The van der Waals surface area contributed by atoms with Crippen LogP contribution in [0.2, 0.25) is 0 Å². The number of hydrogen-bond acceptors (Lipinski definition) is 2. The maximum Gasteiger partial charge on any atom is 0.150 e. The van der Waals surface area contributed by atoms with Gasteiger partial charge in [-0.15, -0.1) is 0 Å². The first-order chi connectivity index (χ1) is 6.33. The minimum absolute atomic E-state index is 0.165. The number of Topliss-reactive ketones (excluding diaryl/α,β-unsaturated/α-hetero) is 1. The first kappa shape index (κ1) is 9.88. The Morgan fingerprint density at radius 2 is 1.57 bits per heavy atom. The second kappa shape index (κ2) is 2.29. The van der Waals surface area contributed by atoms with Crippen LogP contribution in [0.15, 0.2) is 0 Å². The van der Waals surface area contributed by atoms with Crippen molar-refractivity contribution in [3.8, 4) is 0 Å². The van der Waals surface area contributed by atoms with Gasteiger partial charge in [0.2, 0.25) is 0 Å². The van der Waals surface area contributed by atoms with Crippen molar-refractivity contribution in [2.75, 3.05) is 0 Å². The summed E-state index contributed by atoms with van der Waals surface area (Å²) in [5.41, 5.74) is -1.02. The third kappa shape index (κ3) is 0.745. The molecule has 78 valence electrons. The molecule has 0 bridgehead atoms. The predicted octanol–water partition coefficient (Wildman–Crippen LogP) is 2.22. The van der Waals surface area contributed by atoms with Crippen LogP contribution in [0.3, 0.4) is 0 Å². The summed E-state index contributed by atoms with van der Waals surface area (Å²) in [4.78, 5) is 23.4. The molecule has 2 nitrogen and oxygen atoms in total. The van der Waals surface area contributed by atoms with Crippen molar-refractivity contribution in [1.82, 2.24) is 0 Å². The highest BCUT2D eigenvalue weighted by Gasteiger charge is 2.81. The maximum absolute atomic E-state index is 12.1. The van der Waals surface area contributed by atoms with Gasteiger partial charge < -0.3 is 4.79 Å². The lowest BCUT2D eigenvalue weighted by atomic mass is 9.88. The zero-order valence-electron chi connectivity index (χ0n) is 9.39. The van der Waals surface area contributed by atoms with Crippen molar-refractivity contribution in [2.24, 2.45) is 22.2 Å². The highest BCUT2D eigenvalue weighted by Crippen LogP contribution is 2.78. The van der Waals surface area contributed by atoms with E-state index in [-0.39, 0.29) is 22.5 Å². The summed E-state index contributed by atoms with van der Waals surface area (Å²) in [5, 5.41) is 0. The van der Waals surface area contributed by atoms with E-state index in [2.05, 4.69) is 0 Å². The Labute approximate surface area is 85.1 Å². The van der Waals surface area contributed by atoms with E-state index in [1.807, 2.05) is 27.7 Å². The molecule has 2 fully saturated rings. The second-order valence-electron chi connectivity index (χ2n) is 5.81. The molecule has 2 saturated carbocycles. The van der Waals surface area contributed by atoms with Crippen LogP contribution in [0.25, 0.3) is 0 Å². The van der Waals surface area contributed by atoms with Crippen LogP contribution >= 0.6 is 0 Å². The summed E-state index contributed by atoms with van der Waals surface area (Å²) in [6, 6.07) is 0. The monoisotopic (exact) mass is 194 g/mol. The molecule has 14 heavy (non-hydrogen) atoms. The summed E-state index contributed by atoms with van der Waals surface area (Å²) >= 11 is 0. The van der Waals surface area contributed by atoms with E-state index in [4.69, 9.17) is 0 Å². The molecule has 0 aromatic heterocycles. The van der Waals surface area contributed by atoms with Crippen LogP contribution in [-0.4, -0.2) is 12.1 Å². The zero-order chi connectivity index (χ0) is 10.8. The van der Waals surface area contributed by atoms with Crippen LogP contribution in [0, 0.1) is 22.2 Å². The third-order valence-electron chi connectivity index (χ3n) is 4.99. The van der Waals surface area contributed by atoms with E-state index < -0.39 is 5.41 Å². The summed E-state index contributed by atoms with van der Waals surface area (Å²) in [7, 11) is 0. The Hall–Kier alpha value is -0.660. The van der Waals surface area contributed by atoms with E-state index in [1.54, 1.807) is 0 Å². The predicted molar refractivity (Wildman–Crippen MR) is 53.8 cm³/mol. The minimum Gasteiger partial charge on any atom is -0.302 e. The van der Waals surface area contributed by atoms with Gasteiger partial charge in [0.15, 0.2) is 0 Å². The van der Waals surface area contributed by atoms with E-state index >= 15 is 0 Å². The number of carbonyl (C=O) groups is 2. The molecule has 0 radical (unpaired) electrons. The molecule has 0 spiro atoms. The van der Waals surface area contributed by atoms with Crippen molar-refractivity contribution in [3.05, 3.63) is 0 Å². The summed E-state index contributed by atoms with van der Waals surface area (Å²) in [6.45, 7) is 8.12. The van der Waals surface area contributed by atoms with Crippen molar-refractivity contribution in [2.45, 2.75) is 40.5 Å². The summed E-state index contributed by atoms with van der Waals surface area (Å²) in [5.74, 6) is 0.378. The minimum atomic E-state index is -0.693. The van der Waals surface area contributed by atoms with Crippen LogP contribution in [0.5, 0.6) is 0 Å². The van der Waals surface area contributed by atoms with Gasteiger partial charge in [0, 0.05) is 5.92 Å². The van der Waals surface area contributed by atoms with Crippen molar-refractivity contribution >= 4 is 12.1 Å². The Morgan fingerprint density at radius 1 is 1.14 bits per heavy atom. The molecule has 0 aromatic rings. The van der Waals surface area contributed by atoms with Crippen LogP contribution in [-0.2, 0) is 9.59 Å². The molecule has 0 N–H and O–H groups in total. The molecule has 0 aliphatic heterocycles. The smallest absolute Gasteiger partial charge is 0.150 e. The summed E-state index contributed by atoms with van der Waals surface area (Å²) < 4.78 is 0. The third-order valence-corrected chi connectivity index (χ3v) is 4.99. The van der Waals surface area contributed by atoms with Gasteiger partial charge in [0.25, 0.3) is 0 Å². The molecular weight excluding hydrogens is 176 g/mol. The fourth-order valence-electron chi connectivity index (χ4n) is 2.99. The van der Waals surface area contributed by atoms with Gasteiger partial charge in [-0.1, -0.05) is 27.7 Å². The SMILES string of the molecule is CC1(C)C(C)(C)C1(C=O)C(=O)C1CC1. The van der Waals surface area contributed by atoms with Crippen LogP contribution < -0.4 is 0 Å². The van der Waals surface area contributed by atoms with Crippen molar-refractivity contribution in [1.29, 1.82) is 0 Å². The Morgan fingerprint density at radius 3 is 1.79 bits per heavy atom. The quantitative estimate of drug-likeness (QED) is 0.510. The normalized spacial score (nSPS) is 30.9. The molecule has 0 saturated heterocycles. The lowest BCUT2D eigenvalue weighted by Gasteiger charge is -2.11. The van der Waals surface area contributed by atoms with Gasteiger partial charge in [-0.3, -0.25) is 4.79 Å². The van der Waals surface area contributed by atoms with E-state index in [0.717, 1.165) is 19.1 Å². The first-order valence-electron chi connectivity index (χ1n) is 5.33. The largest absolute Gasteiger partial charge is 0.302 e. The van der Waals surface area contributed by atoms with Crippen molar-refractivity contribution in [3.63, 3.8) is 0 Å². The summed E-state index contributed by atoms with van der Waals surface area (Å²) in [6.07, 6.45) is 2.88. The lowest BCUT2D eigenvalue weighted by molar-refractivity contribution is -0.132. The number of aldehydes is 1. The van der Waals surface area contributed by atoms with Gasteiger partial charge in [0.1, 0.15) is 12.1 Å². The average molecular weight is 194 g/mol. The van der Waals surface area contributed by atoms with Crippen LogP contribution in [0.1, 0.15) is 40.5 Å². The van der Waals surface area contributed by atoms with Gasteiger partial charge in [-0.2, -0.15) is 0 Å². The highest BCUT2D eigenvalue weighted by atomic mass is 16.1. The Balaban J connectivity index is 2.38. The highest BCUT2D eigenvalue weighted by molar-refractivity contribution is 6.06. The molecular formula is C12H18O2. The van der Waals surface area contributed by atoms with Gasteiger partial charge >= 0.3 is 0 Å². The molecule has 0 amide bonds. The molecule has 2 rings (SSSR count). The number of ketones is 1. The molecule has 2 aliphatic rings. The second-order valence-corrected chi connectivity index (χ2v) is 5.81. The fourth-order valence-corrected chi connectivity index (χ4v) is 2.99. The van der Waals surface area contributed by atoms with Crippen LogP contribution in [0.4, 0.5) is 0 Å². The average Bonchev–Trinajstić information content (AvgIpc) is 2.91. The molecule has 2 heteroatoms. The molecule has 0 unspecified atom stereocenters. The Bertz CT molecular complexity index is 294. The number of hydrogen-bond donors (Lipinski definition) is 0. The van der Waals surface area contributed by atoms with E-state index in [9.17, 15) is 9.59 Å². The number of carbonyl (C=O) groups excluding carboxylic acids is 2. The molecule has 0 heterocycles. The maximum atomic E-state index is 12.1.